The van der Waals surface area contributed by atoms with E-state index in [9.17, 15) is 13.2 Å². The smallest absolute Gasteiger partial charge is 0.406 e. The number of rotatable bonds is 6. The highest BCUT2D eigenvalue weighted by Crippen LogP contribution is 2.41. The lowest BCUT2D eigenvalue weighted by atomic mass is 9.68. The number of ether oxygens (including phenoxy) is 1. The molecule has 0 spiro atoms. The molecule has 3 rings (SSSR count). The Morgan fingerprint density at radius 1 is 0.786 bits per heavy atom. The van der Waals surface area contributed by atoms with Crippen LogP contribution < -0.4 is 4.74 Å². The van der Waals surface area contributed by atoms with Gasteiger partial charge in [-0.25, -0.2) is 0 Å². The third kappa shape index (κ3) is 4.56. The average Bonchev–Trinajstić information content (AvgIpc) is 2.66. The Bertz CT molecular complexity index is 918. The van der Waals surface area contributed by atoms with Crippen LogP contribution in [0.5, 0.6) is 5.75 Å². The minimum Gasteiger partial charge on any atom is -0.406 e. The van der Waals surface area contributed by atoms with Crippen LogP contribution in [0.25, 0.3) is 0 Å². The van der Waals surface area contributed by atoms with E-state index < -0.39 is 11.8 Å². The molecule has 0 bridgehead atoms. The summed E-state index contributed by atoms with van der Waals surface area (Å²) in [5.74, 6) is -0.191. The van der Waals surface area contributed by atoms with Crippen molar-refractivity contribution in [3.63, 3.8) is 0 Å². The second-order valence-electron chi connectivity index (χ2n) is 7.04. The van der Waals surface area contributed by atoms with Crippen LogP contribution in [0, 0.1) is 6.92 Å². The molecule has 0 saturated heterocycles. The number of hydrogen-bond donors (Lipinski definition) is 0. The maximum Gasteiger partial charge on any atom is 0.573 e. The zero-order chi connectivity index (χ0) is 20.2. The molecule has 0 N–H and O–H groups in total. The number of aryl methyl sites for hydroxylation is 1. The van der Waals surface area contributed by atoms with E-state index in [1.165, 1.54) is 12.1 Å². The molecule has 0 aliphatic rings. The summed E-state index contributed by atoms with van der Waals surface area (Å²) in [5.41, 5.74) is 3.69. The van der Waals surface area contributed by atoms with E-state index in [4.69, 9.17) is 0 Å². The second kappa shape index (κ2) is 8.09. The molecule has 3 aromatic carbocycles. The van der Waals surface area contributed by atoms with Gasteiger partial charge in [0.1, 0.15) is 5.75 Å². The van der Waals surface area contributed by atoms with Gasteiger partial charge in [-0.2, -0.15) is 0 Å². The first-order valence-electron chi connectivity index (χ1n) is 9.30. The zero-order valence-electron chi connectivity index (χ0n) is 16.0. The number of hydrogen-bond acceptors (Lipinski definition) is 1. The molecule has 1 nitrogen and oxygen atoms in total. The van der Waals surface area contributed by atoms with Crippen LogP contribution in [0.1, 0.15) is 35.6 Å². The number of benzene rings is 3. The fourth-order valence-electron chi connectivity index (χ4n) is 3.78. The Balaban J connectivity index is 2.14. The van der Waals surface area contributed by atoms with Crippen molar-refractivity contribution in [2.24, 2.45) is 0 Å². The summed E-state index contributed by atoms with van der Waals surface area (Å²) in [6, 6.07) is 24.6. The van der Waals surface area contributed by atoms with Gasteiger partial charge in [-0.3, -0.25) is 0 Å². The summed E-state index contributed by atoms with van der Waals surface area (Å²) < 4.78 is 42.4. The normalized spacial score (nSPS) is 13.8. The van der Waals surface area contributed by atoms with Crippen molar-refractivity contribution in [1.82, 2.24) is 0 Å². The fourth-order valence-corrected chi connectivity index (χ4v) is 3.78. The topological polar surface area (TPSA) is 9.23 Å². The standard InChI is InChI=1S/C24H23F3O/c1-3-23(17-19-10-5-4-6-11-19,20-12-7-9-18(2)15-20)21-13-8-14-22(16-21)28-24(25,26)27/h4-16H,3,17H2,1-2H3. The molecule has 1 unspecified atom stereocenters. The summed E-state index contributed by atoms with van der Waals surface area (Å²) in [5, 5.41) is 0. The van der Waals surface area contributed by atoms with E-state index >= 15 is 0 Å². The monoisotopic (exact) mass is 384 g/mol. The number of alkyl halides is 3. The van der Waals surface area contributed by atoms with Crippen LogP contribution >= 0.6 is 0 Å². The lowest BCUT2D eigenvalue weighted by molar-refractivity contribution is -0.274. The Kier molecular flexibility index (Phi) is 5.78. The highest BCUT2D eigenvalue weighted by molar-refractivity contribution is 5.45. The summed E-state index contributed by atoms with van der Waals surface area (Å²) >= 11 is 0. The third-order valence-corrected chi connectivity index (χ3v) is 5.14. The first kappa shape index (κ1) is 20.0. The van der Waals surface area contributed by atoms with Gasteiger partial charge >= 0.3 is 6.36 Å². The van der Waals surface area contributed by atoms with E-state index in [0.29, 0.717) is 6.42 Å². The van der Waals surface area contributed by atoms with Crippen molar-refractivity contribution < 1.29 is 17.9 Å². The average molecular weight is 384 g/mol. The quantitative estimate of drug-likeness (QED) is 0.452. The van der Waals surface area contributed by atoms with Crippen molar-refractivity contribution in [1.29, 1.82) is 0 Å². The van der Waals surface area contributed by atoms with E-state index in [1.54, 1.807) is 6.07 Å². The van der Waals surface area contributed by atoms with Crippen LogP contribution in [0.15, 0.2) is 78.9 Å². The van der Waals surface area contributed by atoms with Crippen molar-refractivity contribution in [2.75, 3.05) is 0 Å². The maximum atomic E-state index is 12.8. The molecule has 0 heterocycles. The zero-order valence-corrected chi connectivity index (χ0v) is 16.0. The van der Waals surface area contributed by atoms with Crippen LogP contribution in [-0.2, 0) is 11.8 Å². The summed E-state index contributed by atoms with van der Waals surface area (Å²) in [4.78, 5) is 0. The molecule has 3 aromatic rings. The first-order chi connectivity index (χ1) is 13.3. The van der Waals surface area contributed by atoms with Crippen molar-refractivity contribution in [3.05, 3.63) is 101 Å². The Morgan fingerprint density at radius 3 is 2.04 bits per heavy atom. The molecule has 28 heavy (non-hydrogen) atoms. The lowest BCUT2D eigenvalue weighted by Crippen LogP contribution is -2.30. The van der Waals surface area contributed by atoms with Gasteiger partial charge in [-0.1, -0.05) is 79.2 Å². The van der Waals surface area contributed by atoms with Crippen LogP contribution in [-0.4, -0.2) is 6.36 Å². The van der Waals surface area contributed by atoms with E-state index in [-0.39, 0.29) is 5.75 Å². The molecule has 0 radical (unpaired) electrons. The molecule has 0 amide bonds. The molecule has 0 aromatic heterocycles. The van der Waals surface area contributed by atoms with E-state index in [1.807, 2.05) is 43.3 Å². The lowest BCUT2D eigenvalue weighted by Gasteiger charge is -2.35. The van der Waals surface area contributed by atoms with Crippen molar-refractivity contribution in [3.8, 4) is 5.75 Å². The minimum atomic E-state index is -4.71. The van der Waals surface area contributed by atoms with Crippen molar-refractivity contribution >= 4 is 0 Å². The van der Waals surface area contributed by atoms with E-state index in [2.05, 4.69) is 35.9 Å². The highest BCUT2D eigenvalue weighted by Gasteiger charge is 2.35. The van der Waals surface area contributed by atoms with Gasteiger partial charge in [0, 0.05) is 5.41 Å². The second-order valence-corrected chi connectivity index (χ2v) is 7.04. The minimum absolute atomic E-state index is 0.191. The Morgan fingerprint density at radius 2 is 1.43 bits per heavy atom. The van der Waals surface area contributed by atoms with Gasteiger partial charge in [-0.15, -0.1) is 13.2 Å². The Labute approximate surface area is 163 Å². The fraction of sp³-hybridized carbons (Fsp3) is 0.250. The predicted octanol–water partition coefficient (Wildman–Crippen LogP) is 6.83. The highest BCUT2D eigenvalue weighted by atomic mass is 19.4. The maximum absolute atomic E-state index is 12.8. The van der Waals surface area contributed by atoms with Crippen LogP contribution in [0.4, 0.5) is 13.2 Å². The van der Waals surface area contributed by atoms with Crippen molar-refractivity contribution in [2.45, 2.75) is 38.5 Å². The van der Waals surface area contributed by atoms with Crippen LogP contribution in [0.2, 0.25) is 0 Å². The summed E-state index contributed by atoms with van der Waals surface area (Å²) in [6.07, 6.45) is -3.29. The third-order valence-electron chi connectivity index (χ3n) is 5.14. The van der Waals surface area contributed by atoms with Gasteiger partial charge in [0.25, 0.3) is 0 Å². The largest absolute Gasteiger partial charge is 0.573 e. The first-order valence-corrected chi connectivity index (χ1v) is 9.30. The molecule has 0 fully saturated rings. The molecular weight excluding hydrogens is 361 g/mol. The molecule has 0 saturated carbocycles. The molecule has 4 heteroatoms. The van der Waals surface area contributed by atoms with Gasteiger partial charge in [-0.05, 0) is 48.6 Å². The molecule has 0 aliphatic heterocycles. The molecule has 1 atom stereocenters. The summed E-state index contributed by atoms with van der Waals surface area (Å²) in [7, 11) is 0. The molecular formula is C24H23F3O. The van der Waals surface area contributed by atoms with E-state index in [0.717, 1.165) is 28.7 Å². The predicted molar refractivity (Wildman–Crippen MR) is 106 cm³/mol. The van der Waals surface area contributed by atoms with Gasteiger partial charge < -0.3 is 4.74 Å². The molecule has 146 valence electrons. The van der Waals surface area contributed by atoms with Crippen LogP contribution in [0.3, 0.4) is 0 Å². The van der Waals surface area contributed by atoms with Gasteiger partial charge in [0.2, 0.25) is 0 Å². The van der Waals surface area contributed by atoms with Gasteiger partial charge in [0.15, 0.2) is 0 Å². The SMILES string of the molecule is CCC(Cc1ccccc1)(c1cccc(C)c1)c1cccc(OC(F)(F)F)c1. The van der Waals surface area contributed by atoms with Gasteiger partial charge in [0.05, 0.1) is 0 Å². The Hall–Kier alpha value is -2.75. The summed E-state index contributed by atoms with van der Waals surface area (Å²) in [6.45, 7) is 4.10. The molecule has 0 aliphatic carbocycles. The number of halogens is 3.